The zero-order valence-electron chi connectivity index (χ0n) is 40.4. The first-order chi connectivity index (χ1) is 31.3. The number of phosphoric acid groups is 1. The molecule has 0 bridgehead atoms. The normalized spacial score (nSPS) is 22.9. The molecule has 1 saturated carbocycles. The highest BCUT2D eigenvalue weighted by atomic mass is 31.2. The number of unbranched alkanes of at least 4 members (excludes halogenated alkanes) is 23. The molecular weight excluding hydrogens is 850 g/mol. The maximum Gasteiger partial charge on any atom is 0.472 e. The minimum atomic E-state index is -5.16. The molecule has 0 aliphatic heterocycles. The smallest absolute Gasteiger partial charge is 0.393 e. The molecule has 8 unspecified atom stereocenters. The fraction of sp³-hybridized carbons (Fsp3) is 0.824. The van der Waals surface area contributed by atoms with Crippen LogP contribution in [0.4, 0.5) is 0 Å². The molecule has 13 nitrogen and oxygen atoms in total. The van der Waals surface area contributed by atoms with E-state index in [1.54, 1.807) is 6.08 Å². The van der Waals surface area contributed by atoms with Gasteiger partial charge in [0.05, 0.1) is 31.3 Å². The third kappa shape index (κ3) is 31.8. The summed E-state index contributed by atoms with van der Waals surface area (Å²) < 4.78 is 22.9. The first-order valence-corrected chi connectivity index (χ1v) is 27.2. The lowest BCUT2D eigenvalue weighted by Gasteiger charge is -2.41. The van der Waals surface area contributed by atoms with Crippen molar-refractivity contribution < 1.29 is 59.0 Å². The molecule has 9 N–H and O–H groups in total. The Balaban J connectivity index is 2.50. The van der Waals surface area contributed by atoms with Gasteiger partial charge in [-0.15, -0.1) is 0 Å². The van der Waals surface area contributed by atoms with Crippen molar-refractivity contribution >= 4 is 13.7 Å². The van der Waals surface area contributed by atoms with Crippen LogP contribution in [0.5, 0.6) is 0 Å². The summed E-state index contributed by atoms with van der Waals surface area (Å²) in [5.74, 6) is -0.612. The predicted molar refractivity (Wildman–Crippen MR) is 261 cm³/mol. The third-order valence-corrected chi connectivity index (χ3v) is 13.1. The molecule has 0 heterocycles. The summed E-state index contributed by atoms with van der Waals surface area (Å²) in [6, 6.07) is -1.27. The summed E-state index contributed by atoms with van der Waals surface area (Å²) in [4.78, 5) is 23.5. The maximum atomic E-state index is 13.0. The Kier molecular flexibility index (Phi) is 37.9. The highest BCUT2D eigenvalue weighted by molar-refractivity contribution is 7.47. The second-order valence-electron chi connectivity index (χ2n) is 18.2. The van der Waals surface area contributed by atoms with E-state index in [4.69, 9.17) is 9.05 Å². The fourth-order valence-electron chi connectivity index (χ4n) is 7.91. The SMILES string of the molecule is CCCCCCC/C=C/CC/C=C/CC/C=C/C(O)C(COP(=O)(O)OC1C(O)C(O)C(O)C(O)C1O)NC(=O)CC(O)CCCCCCC/C=C\CCCCCCCCCCCCC. The molecule has 14 heteroatoms. The van der Waals surface area contributed by atoms with Crippen LogP contribution in [-0.4, -0.2) is 108 Å². The average Bonchev–Trinajstić information content (AvgIpc) is 3.28. The zero-order chi connectivity index (χ0) is 48.0. The van der Waals surface area contributed by atoms with Crippen LogP contribution in [0.1, 0.15) is 206 Å². The molecule has 0 spiro atoms. The molecule has 0 aromatic rings. The quantitative estimate of drug-likeness (QED) is 0.0158. The van der Waals surface area contributed by atoms with Crippen molar-refractivity contribution in [3.05, 3.63) is 48.6 Å². The number of aliphatic hydroxyl groups excluding tert-OH is 7. The van der Waals surface area contributed by atoms with Crippen LogP contribution < -0.4 is 5.32 Å². The number of hydrogen-bond acceptors (Lipinski definition) is 11. The topological polar surface area (TPSA) is 226 Å². The summed E-state index contributed by atoms with van der Waals surface area (Å²) >= 11 is 0. The van der Waals surface area contributed by atoms with E-state index in [9.17, 15) is 50.0 Å². The Morgan fingerprint density at radius 3 is 1.35 bits per heavy atom. The first kappa shape index (κ1) is 61.3. The first-order valence-electron chi connectivity index (χ1n) is 25.7. The minimum Gasteiger partial charge on any atom is -0.393 e. The van der Waals surface area contributed by atoms with Gasteiger partial charge < -0.3 is 46.0 Å². The highest BCUT2D eigenvalue weighted by Gasteiger charge is 2.51. The number of rotatable bonds is 42. The van der Waals surface area contributed by atoms with Gasteiger partial charge in [-0.25, -0.2) is 4.57 Å². The molecule has 8 atom stereocenters. The third-order valence-electron chi connectivity index (χ3n) is 12.1. The van der Waals surface area contributed by atoms with Crippen molar-refractivity contribution in [2.45, 2.75) is 261 Å². The summed E-state index contributed by atoms with van der Waals surface area (Å²) in [6.07, 6.45) is 34.9. The summed E-state index contributed by atoms with van der Waals surface area (Å²) in [7, 11) is -5.16. The average molecular weight is 944 g/mol. The van der Waals surface area contributed by atoms with E-state index in [2.05, 4.69) is 55.6 Å². The fourth-order valence-corrected chi connectivity index (χ4v) is 8.88. The minimum absolute atomic E-state index is 0.262. The van der Waals surface area contributed by atoms with Gasteiger partial charge in [-0.1, -0.05) is 178 Å². The lowest BCUT2D eigenvalue weighted by Crippen LogP contribution is -2.64. The second kappa shape index (κ2) is 40.2. The largest absolute Gasteiger partial charge is 0.472 e. The molecule has 1 fully saturated rings. The second-order valence-corrected chi connectivity index (χ2v) is 19.6. The van der Waals surface area contributed by atoms with Crippen LogP contribution in [0.25, 0.3) is 0 Å². The van der Waals surface area contributed by atoms with E-state index in [1.165, 1.54) is 109 Å². The van der Waals surface area contributed by atoms with E-state index < -0.39 is 75.2 Å². The molecule has 380 valence electrons. The van der Waals surface area contributed by atoms with Crippen LogP contribution in [-0.2, 0) is 18.4 Å². The van der Waals surface area contributed by atoms with Gasteiger partial charge in [0, 0.05) is 0 Å². The van der Waals surface area contributed by atoms with Gasteiger partial charge in [0.1, 0.15) is 36.6 Å². The standard InChI is InChI=1S/C51H94NO12P/c1-3-5-7-9-11-13-15-17-19-20-21-22-23-25-26-28-30-32-34-36-38-42(53)40-45(55)52-43(41-63-65(61,62)64-51-49(59)47(57)46(56)48(58)50(51)60)44(54)39-37-35-33-31-29-27-24-18-16-14-12-10-8-6-4-2/h16,18,23,25,29,31,37,39,42-44,46-51,53-54,56-60H,3-15,17,19-22,24,26-28,30,32-36,38,40-41H2,1-2H3,(H,52,55)(H,61,62)/b18-16+,25-23-,31-29+,39-37+. The van der Waals surface area contributed by atoms with Gasteiger partial charge in [0.15, 0.2) is 0 Å². The van der Waals surface area contributed by atoms with Crippen molar-refractivity contribution in [3.8, 4) is 0 Å². The number of nitrogens with one attached hydrogen (secondary N) is 1. The molecule has 0 aromatic carbocycles. The summed E-state index contributed by atoms with van der Waals surface area (Å²) in [5, 5.41) is 74.6. The summed E-state index contributed by atoms with van der Waals surface area (Å²) in [6.45, 7) is 3.72. The van der Waals surface area contributed by atoms with Crippen molar-refractivity contribution in [2.75, 3.05) is 6.61 Å². The lowest BCUT2D eigenvalue weighted by molar-refractivity contribution is -0.220. The Labute approximate surface area is 393 Å². The number of amides is 1. The molecule has 0 aromatic heterocycles. The van der Waals surface area contributed by atoms with Crippen molar-refractivity contribution in [1.29, 1.82) is 0 Å². The molecule has 1 aliphatic carbocycles. The van der Waals surface area contributed by atoms with Crippen molar-refractivity contribution in [2.24, 2.45) is 0 Å². The lowest BCUT2D eigenvalue weighted by atomic mass is 9.85. The van der Waals surface area contributed by atoms with E-state index in [-0.39, 0.29) is 6.42 Å². The van der Waals surface area contributed by atoms with Gasteiger partial charge >= 0.3 is 7.82 Å². The molecule has 65 heavy (non-hydrogen) atoms. The van der Waals surface area contributed by atoms with E-state index in [1.807, 2.05) is 0 Å². The van der Waals surface area contributed by atoms with Gasteiger partial charge in [0.2, 0.25) is 5.91 Å². The van der Waals surface area contributed by atoms with Crippen LogP contribution in [0.15, 0.2) is 48.6 Å². The summed E-state index contributed by atoms with van der Waals surface area (Å²) in [5.41, 5.74) is 0. The van der Waals surface area contributed by atoms with E-state index in [0.717, 1.165) is 64.2 Å². The van der Waals surface area contributed by atoms with Crippen molar-refractivity contribution in [3.63, 3.8) is 0 Å². The molecule has 1 aliphatic rings. The van der Waals surface area contributed by atoms with E-state index in [0.29, 0.717) is 19.3 Å². The number of carbonyl (C=O) groups excluding carboxylic acids is 1. The maximum absolute atomic E-state index is 13.0. The Hall–Kier alpha value is -1.74. The predicted octanol–water partition coefficient (Wildman–Crippen LogP) is 9.48. The Bertz CT molecular complexity index is 1300. The molecule has 1 amide bonds. The number of hydrogen-bond donors (Lipinski definition) is 9. The monoisotopic (exact) mass is 944 g/mol. The van der Waals surface area contributed by atoms with Crippen molar-refractivity contribution in [1.82, 2.24) is 5.32 Å². The van der Waals surface area contributed by atoms with Crippen LogP contribution in [0, 0.1) is 0 Å². The number of aliphatic hydroxyl groups is 7. The zero-order valence-corrected chi connectivity index (χ0v) is 41.3. The van der Waals surface area contributed by atoms with Gasteiger partial charge in [0.25, 0.3) is 0 Å². The molecule has 0 saturated heterocycles. The number of allylic oxidation sites excluding steroid dienone is 7. The van der Waals surface area contributed by atoms with Gasteiger partial charge in [-0.3, -0.25) is 13.8 Å². The number of carbonyl (C=O) groups is 1. The molecular formula is C51H94NO12P. The Morgan fingerprint density at radius 2 is 0.908 bits per heavy atom. The molecule has 0 radical (unpaired) electrons. The van der Waals surface area contributed by atoms with Crippen LogP contribution in [0.3, 0.4) is 0 Å². The number of phosphoric ester groups is 1. The molecule has 1 rings (SSSR count). The highest BCUT2D eigenvalue weighted by Crippen LogP contribution is 2.47. The van der Waals surface area contributed by atoms with Gasteiger partial charge in [-0.2, -0.15) is 0 Å². The van der Waals surface area contributed by atoms with Crippen LogP contribution in [0.2, 0.25) is 0 Å². The van der Waals surface area contributed by atoms with Crippen LogP contribution >= 0.6 is 7.82 Å². The Morgan fingerprint density at radius 1 is 0.538 bits per heavy atom. The van der Waals surface area contributed by atoms with Gasteiger partial charge in [-0.05, 0) is 70.6 Å². The van der Waals surface area contributed by atoms with E-state index >= 15 is 0 Å².